The summed E-state index contributed by atoms with van der Waals surface area (Å²) in [4.78, 5) is 2.22. The average Bonchev–Trinajstić information content (AvgIpc) is 2.73. The third kappa shape index (κ3) is 5.35. The number of anilines is 2. The summed E-state index contributed by atoms with van der Waals surface area (Å²) < 4.78 is 10.5. The van der Waals surface area contributed by atoms with E-state index < -0.39 is 0 Å². The number of nitrogens with zero attached hydrogens (tertiary/aromatic N) is 1. The van der Waals surface area contributed by atoms with E-state index in [1.165, 1.54) is 5.56 Å². The number of rotatable bonds is 9. The fraction of sp³-hybridized carbons (Fsp3) is 0.250. The number of ether oxygens (including phenoxy) is 2. The summed E-state index contributed by atoms with van der Waals surface area (Å²) in [5, 5.41) is 0. The Morgan fingerprint density at radius 1 is 1.04 bits per heavy atom. The summed E-state index contributed by atoms with van der Waals surface area (Å²) in [7, 11) is 3.37. The molecule has 0 heterocycles. The van der Waals surface area contributed by atoms with E-state index in [-0.39, 0.29) is 0 Å². The quantitative estimate of drug-likeness (QED) is 0.389. The number of benzene rings is 2. The van der Waals surface area contributed by atoms with Crippen LogP contribution in [0.25, 0.3) is 0 Å². The van der Waals surface area contributed by atoms with Gasteiger partial charge in [0.2, 0.25) is 0 Å². The number of hydrogen-bond donors (Lipinski definition) is 0. The molecule has 3 heteroatoms. The van der Waals surface area contributed by atoms with E-state index >= 15 is 0 Å². The summed E-state index contributed by atoms with van der Waals surface area (Å²) in [6.07, 6.45) is 8.14. The average molecular weight is 364 g/mol. The highest BCUT2D eigenvalue weighted by molar-refractivity contribution is 5.70. The van der Waals surface area contributed by atoms with Gasteiger partial charge < -0.3 is 14.4 Å². The first kappa shape index (κ1) is 20.5. The molecular formula is C24H29NO2. The lowest BCUT2D eigenvalue weighted by molar-refractivity contribution is 0.234. The Morgan fingerprint density at radius 3 is 2.11 bits per heavy atom. The van der Waals surface area contributed by atoms with Crippen molar-refractivity contribution < 1.29 is 9.47 Å². The van der Waals surface area contributed by atoms with Crippen molar-refractivity contribution in [3.8, 4) is 5.75 Å². The lowest BCUT2D eigenvalue weighted by Gasteiger charge is -2.27. The van der Waals surface area contributed by atoms with Crippen LogP contribution >= 0.6 is 0 Å². The topological polar surface area (TPSA) is 21.7 Å². The Labute approximate surface area is 163 Å². The standard InChI is InChI=1S/C24H29NO2/c1-6-19(3)20-10-12-22(13-11-20)25(21(7-2)9-8-18-26-4)23-14-16-24(27-5)17-15-23/h6-17,19H,1,18H2,2-5H3. The molecule has 0 aliphatic rings. The lowest BCUT2D eigenvalue weighted by Crippen LogP contribution is -2.15. The van der Waals surface area contributed by atoms with Gasteiger partial charge in [-0.15, -0.1) is 6.58 Å². The highest BCUT2D eigenvalue weighted by Gasteiger charge is 2.13. The maximum atomic E-state index is 5.30. The van der Waals surface area contributed by atoms with Crippen LogP contribution in [0.2, 0.25) is 0 Å². The highest BCUT2D eigenvalue weighted by atomic mass is 16.5. The lowest BCUT2D eigenvalue weighted by atomic mass is 10.0. The molecule has 0 N–H and O–H groups in total. The number of methoxy groups -OCH3 is 2. The third-order valence-electron chi connectivity index (χ3n) is 4.47. The summed E-state index contributed by atoms with van der Waals surface area (Å²) in [5.74, 6) is 1.17. The highest BCUT2D eigenvalue weighted by Crippen LogP contribution is 2.32. The Morgan fingerprint density at radius 2 is 1.63 bits per heavy atom. The van der Waals surface area contributed by atoms with E-state index in [9.17, 15) is 0 Å². The molecule has 142 valence electrons. The first-order chi connectivity index (χ1) is 13.1. The van der Waals surface area contributed by atoms with E-state index in [1.54, 1.807) is 14.2 Å². The second kappa shape index (κ2) is 10.4. The largest absolute Gasteiger partial charge is 0.497 e. The zero-order chi connectivity index (χ0) is 19.6. The molecule has 2 aromatic carbocycles. The van der Waals surface area contributed by atoms with E-state index in [0.717, 1.165) is 22.8 Å². The molecule has 0 bridgehead atoms. The summed E-state index contributed by atoms with van der Waals surface area (Å²) in [6, 6.07) is 16.7. The molecule has 1 unspecified atom stereocenters. The van der Waals surface area contributed by atoms with Crippen LogP contribution in [-0.2, 0) is 4.74 Å². The minimum absolute atomic E-state index is 0.330. The van der Waals surface area contributed by atoms with Gasteiger partial charge in [-0.25, -0.2) is 0 Å². The van der Waals surface area contributed by atoms with Crippen LogP contribution < -0.4 is 9.64 Å². The Balaban J connectivity index is 2.46. The zero-order valence-corrected chi connectivity index (χ0v) is 16.7. The van der Waals surface area contributed by atoms with E-state index in [0.29, 0.717) is 12.5 Å². The van der Waals surface area contributed by atoms with Crippen LogP contribution in [0.3, 0.4) is 0 Å². The normalized spacial score (nSPS) is 12.8. The molecule has 2 aromatic rings. The van der Waals surface area contributed by atoms with Gasteiger partial charge in [-0.2, -0.15) is 0 Å². The van der Waals surface area contributed by atoms with Crippen molar-refractivity contribution in [1.82, 2.24) is 0 Å². The maximum Gasteiger partial charge on any atom is 0.119 e. The first-order valence-electron chi connectivity index (χ1n) is 9.13. The van der Waals surface area contributed by atoms with Crippen LogP contribution in [0.15, 0.2) is 85.1 Å². The smallest absolute Gasteiger partial charge is 0.119 e. The van der Waals surface area contributed by atoms with Gasteiger partial charge in [0.25, 0.3) is 0 Å². The van der Waals surface area contributed by atoms with Crippen molar-refractivity contribution >= 4 is 11.4 Å². The van der Waals surface area contributed by atoms with Crippen LogP contribution in [0.4, 0.5) is 11.4 Å². The van der Waals surface area contributed by atoms with Gasteiger partial charge in [0, 0.05) is 24.2 Å². The predicted molar refractivity (Wildman–Crippen MR) is 115 cm³/mol. The summed E-state index contributed by atoms with van der Waals surface area (Å²) in [6.45, 7) is 8.65. The zero-order valence-electron chi connectivity index (χ0n) is 16.7. The molecule has 1 atom stereocenters. The number of hydrogen-bond acceptors (Lipinski definition) is 3. The molecule has 0 aliphatic carbocycles. The van der Waals surface area contributed by atoms with Crippen LogP contribution in [0.5, 0.6) is 5.75 Å². The molecule has 0 spiro atoms. The molecule has 3 nitrogen and oxygen atoms in total. The van der Waals surface area contributed by atoms with Gasteiger partial charge in [-0.3, -0.25) is 0 Å². The minimum atomic E-state index is 0.330. The van der Waals surface area contributed by atoms with E-state index in [4.69, 9.17) is 9.47 Å². The minimum Gasteiger partial charge on any atom is -0.497 e. The molecule has 0 saturated heterocycles. The van der Waals surface area contributed by atoms with Crippen molar-refractivity contribution in [1.29, 1.82) is 0 Å². The molecule has 2 rings (SSSR count). The molecule has 0 aliphatic heterocycles. The molecular weight excluding hydrogens is 334 g/mol. The van der Waals surface area contributed by atoms with Gasteiger partial charge >= 0.3 is 0 Å². The molecule has 27 heavy (non-hydrogen) atoms. The van der Waals surface area contributed by atoms with Crippen molar-refractivity contribution in [3.63, 3.8) is 0 Å². The molecule has 0 amide bonds. The van der Waals surface area contributed by atoms with Gasteiger partial charge in [-0.1, -0.05) is 37.3 Å². The fourth-order valence-corrected chi connectivity index (χ4v) is 2.81. The molecule has 0 aromatic heterocycles. The molecule has 0 radical (unpaired) electrons. The van der Waals surface area contributed by atoms with Gasteiger partial charge in [0.05, 0.1) is 13.7 Å². The second-order valence-corrected chi connectivity index (χ2v) is 6.22. The molecule has 0 saturated carbocycles. The van der Waals surface area contributed by atoms with E-state index in [1.807, 2.05) is 31.2 Å². The van der Waals surface area contributed by atoms with Crippen molar-refractivity contribution in [3.05, 3.63) is 90.7 Å². The first-order valence-corrected chi connectivity index (χ1v) is 9.13. The fourth-order valence-electron chi connectivity index (χ4n) is 2.81. The van der Waals surface area contributed by atoms with Crippen molar-refractivity contribution in [2.24, 2.45) is 0 Å². The summed E-state index contributed by atoms with van der Waals surface area (Å²) in [5.41, 5.74) is 4.48. The van der Waals surface area contributed by atoms with E-state index in [2.05, 4.69) is 67.0 Å². The van der Waals surface area contributed by atoms with Gasteiger partial charge in [0.15, 0.2) is 0 Å². The second-order valence-electron chi connectivity index (χ2n) is 6.22. The van der Waals surface area contributed by atoms with Crippen LogP contribution in [-0.4, -0.2) is 20.8 Å². The van der Waals surface area contributed by atoms with Crippen molar-refractivity contribution in [2.45, 2.75) is 19.8 Å². The summed E-state index contributed by atoms with van der Waals surface area (Å²) >= 11 is 0. The van der Waals surface area contributed by atoms with Crippen LogP contribution in [0, 0.1) is 0 Å². The van der Waals surface area contributed by atoms with Gasteiger partial charge in [0.1, 0.15) is 5.75 Å². The Bertz CT molecular complexity index is 773. The SMILES string of the molecule is C=CC(C)c1ccc(N(C(C=CCOC)=CC)c2ccc(OC)cc2)cc1. The predicted octanol–water partition coefficient (Wildman–Crippen LogP) is 6.23. The Kier molecular flexibility index (Phi) is 7.90. The monoisotopic (exact) mass is 363 g/mol. The third-order valence-corrected chi connectivity index (χ3v) is 4.47. The van der Waals surface area contributed by atoms with Crippen LogP contribution in [0.1, 0.15) is 25.3 Å². The number of allylic oxidation sites excluding steroid dienone is 3. The van der Waals surface area contributed by atoms with Crippen molar-refractivity contribution in [2.75, 3.05) is 25.7 Å². The molecule has 0 fully saturated rings. The maximum absolute atomic E-state index is 5.30. The Hall–Kier alpha value is -2.78. The van der Waals surface area contributed by atoms with Gasteiger partial charge in [-0.05, 0) is 60.9 Å².